The smallest absolute Gasteiger partial charge is 0.410 e. The summed E-state index contributed by atoms with van der Waals surface area (Å²) in [7, 11) is 0. The molecule has 0 radical (unpaired) electrons. The van der Waals surface area contributed by atoms with Crippen LogP contribution >= 0.6 is 0 Å². The zero-order chi connectivity index (χ0) is 13.8. The molecule has 5 heteroatoms. The van der Waals surface area contributed by atoms with E-state index in [-0.39, 0.29) is 18.4 Å². The third-order valence-corrected chi connectivity index (χ3v) is 3.70. The highest BCUT2D eigenvalue weighted by Gasteiger charge is 2.38. The average Bonchev–Trinajstić information content (AvgIpc) is 3.15. The van der Waals surface area contributed by atoms with Gasteiger partial charge in [0.05, 0.1) is 19.3 Å². The molecule has 2 aliphatic heterocycles. The van der Waals surface area contributed by atoms with E-state index in [1.807, 2.05) is 30.3 Å². The molecule has 1 unspecified atom stereocenters. The largest absolute Gasteiger partial charge is 0.445 e. The number of hydrogen-bond donors (Lipinski definition) is 0. The van der Waals surface area contributed by atoms with E-state index < -0.39 is 0 Å². The lowest BCUT2D eigenvalue weighted by Crippen LogP contribution is -2.43. The van der Waals surface area contributed by atoms with Crippen LogP contribution in [0.2, 0.25) is 0 Å². The van der Waals surface area contributed by atoms with Crippen molar-refractivity contribution in [1.82, 2.24) is 4.90 Å². The number of ether oxygens (including phenoxy) is 3. The molecule has 2 heterocycles. The molecule has 1 aromatic rings. The molecule has 0 saturated carbocycles. The van der Waals surface area contributed by atoms with E-state index in [1.54, 1.807) is 4.90 Å². The lowest BCUT2D eigenvalue weighted by Gasteiger charge is -2.27. The van der Waals surface area contributed by atoms with Crippen molar-refractivity contribution < 1.29 is 19.0 Å². The first-order chi connectivity index (χ1) is 9.84. The first-order valence-corrected chi connectivity index (χ1v) is 7.05. The summed E-state index contributed by atoms with van der Waals surface area (Å²) < 4.78 is 16.4. The van der Waals surface area contributed by atoms with E-state index >= 15 is 0 Å². The molecule has 0 N–H and O–H groups in total. The Morgan fingerprint density at radius 1 is 1.25 bits per heavy atom. The first-order valence-electron chi connectivity index (χ1n) is 7.05. The van der Waals surface area contributed by atoms with E-state index in [0.29, 0.717) is 26.4 Å². The predicted molar refractivity (Wildman–Crippen MR) is 72.0 cm³/mol. The highest BCUT2D eigenvalue weighted by molar-refractivity contribution is 5.68. The van der Waals surface area contributed by atoms with Crippen LogP contribution in [0.1, 0.15) is 18.4 Å². The van der Waals surface area contributed by atoms with Gasteiger partial charge in [-0.3, -0.25) is 0 Å². The number of hydrogen-bond acceptors (Lipinski definition) is 4. The number of carbonyl (C=O) groups is 1. The van der Waals surface area contributed by atoms with Crippen molar-refractivity contribution in [3.63, 3.8) is 0 Å². The Balaban J connectivity index is 1.55. The first kappa shape index (κ1) is 13.4. The number of nitrogens with zero attached hydrogens (tertiary/aromatic N) is 1. The van der Waals surface area contributed by atoms with Crippen LogP contribution in [0, 0.1) is 0 Å². The molecule has 2 saturated heterocycles. The summed E-state index contributed by atoms with van der Waals surface area (Å²) in [5, 5.41) is 0. The van der Waals surface area contributed by atoms with Crippen LogP contribution in [-0.4, -0.2) is 43.1 Å². The van der Waals surface area contributed by atoms with E-state index in [0.717, 1.165) is 18.4 Å². The fourth-order valence-corrected chi connectivity index (χ4v) is 2.70. The van der Waals surface area contributed by atoms with Crippen molar-refractivity contribution >= 4 is 6.09 Å². The van der Waals surface area contributed by atoms with Gasteiger partial charge in [0.25, 0.3) is 0 Å². The van der Waals surface area contributed by atoms with Crippen LogP contribution < -0.4 is 0 Å². The SMILES string of the molecule is O=C(OCc1ccccc1)N1CCCC1C1OCCO1. The van der Waals surface area contributed by atoms with Gasteiger partial charge in [-0.1, -0.05) is 30.3 Å². The molecule has 0 spiro atoms. The molecule has 3 rings (SSSR count). The quantitative estimate of drug-likeness (QED) is 0.849. The summed E-state index contributed by atoms with van der Waals surface area (Å²) in [5.74, 6) is 0. The van der Waals surface area contributed by atoms with Gasteiger partial charge < -0.3 is 19.1 Å². The second-order valence-electron chi connectivity index (χ2n) is 5.05. The number of amides is 1. The summed E-state index contributed by atoms with van der Waals surface area (Å²) in [6, 6.07) is 9.68. The second kappa shape index (κ2) is 6.24. The van der Waals surface area contributed by atoms with Gasteiger partial charge in [0, 0.05) is 6.54 Å². The van der Waals surface area contributed by atoms with Crippen LogP contribution in [0.15, 0.2) is 30.3 Å². The molecule has 0 bridgehead atoms. The standard InChI is InChI=1S/C15H19NO4/c17-15(20-11-12-5-2-1-3-6-12)16-8-4-7-13(16)14-18-9-10-19-14/h1-3,5-6,13-14H,4,7-11H2. The zero-order valence-electron chi connectivity index (χ0n) is 11.4. The molecule has 0 aromatic heterocycles. The van der Waals surface area contributed by atoms with E-state index in [1.165, 1.54) is 0 Å². The van der Waals surface area contributed by atoms with E-state index in [9.17, 15) is 4.79 Å². The fraction of sp³-hybridized carbons (Fsp3) is 0.533. The van der Waals surface area contributed by atoms with Crippen molar-refractivity contribution in [2.24, 2.45) is 0 Å². The topological polar surface area (TPSA) is 48.0 Å². The molecule has 20 heavy (non-hydrogen) atoms. The van der Waals surface area contributed by atoms with E-state index in [4.69, 9.17) is 14.2 Å². The number of rotatable bonds is 3. The Labute approximate surface area is 118 Å². The highest BCUT2D eigenvalue weighted by Crippen LogP contribution is 2.25. The van der Waals surface area contributed by atoms with Gasteiger partial charge in [0.15, 0.2) is 6.29 Å². The predicted octanol–water partition coefficient (Wildman–Crippen LogP) is 2.16. The van der Waals surface area contributed by atoms with Gasteiger partial charge in [-0.2, -0.15) is 0 Å². The zero-order valence-corrected chi connectivity index (χ0v) is 11.4. The van der Waals surface area contributed by atoms with Crippen LogP contribution in [0.3, 0.4) is 0 Å². The molecule has 5 nitrogen and oxygen atoms in total. The van der Waals surface area contributed by atoms with Gasteiger partial charge in [-0.15, -0.1) is 0 Å². The molecule has 0 aliphatic carbocycles. The van der Waals surface area contributed by atoms with Crippen molar-refractivity contribution in [3.05, 3.63) is 35.9 Å². The molecular weight excluding hydrogens is 258 g/mol. The molecule has 2 fully saturated rings. The van der Waals surface area contributed by atoms with Crippen molar-refractivity contribution in [2.45, 2.75) is 31.8 Å². The minimum absolute atomic E-state index is 0.0132. The lowest BCUT2D eigenvalue weighted by atomic mass is 10.2. The summed E-state index contributed by atoms with van der Waals surface area (Å²) in [4.78, 5) is 13.9. The number of benzene rings is 1. The van der Waals surface area contributed by atoms with Gasteiger partial charge in [-0.25, -0.2) is 4.79 Å². The molecular formula is C15H19NO4. The van der Waals surface area contributed by atoms with Crippen LogP contribution in [-0.2, 0) is 20.8 Å². The Bertz CT molecular complexity index is 444. The maximum absolute atomic E-state index is 12.2. The van der Waals surface area contributed by atoms with Crippen LogP contribution in [0.4, 0.5) is 4.79 Å². The van der Waals surface area contributed by atoms with Gasteiger partial charge in [0.1, 0.15) is 6.61 Å². The van der Waals surface area contributed by atoms with Crippen molar-refractivity contribution in [2.75, 3.05) is 19.8 Å². The highest BCUT2D eigenvalue weighted by atomic mass is 16.7. The maximum atomic E-state index is 12.2. The van der Waals surface area contributed by atoms with Crippen molar-refractivity contribution in [1.29, 1.82) is 0 Å². The summed E-state index contributed by atoms with van der Waals surface area (Å²) in [6.07, 6.45) is 1.30. The molecule has 2 aliphatic rings. The third-order valence-electron chi connectivity index (χ3n) is 3.70. The minimum Gasteiger partial charge on any atom is -0.445 e. The number of carbonyl (C=O) groups excluding carboxylic acids is 1. The second-order valence-corrected chi connectivity index (χ2v) is 5.05. The Kier molecular flexibility index (Phi) is 4.18. The molecule has 108 valence electrons. The lowest BCUT2D eigenvalue weighted by molar-refractivity contribution is -0.0869. The molecule has 1 atom stereocenters. The fourth-order valence-electron chi connectivity index (χ4n) is 2.70. The van der Waals surface area contributed by atoms with Gasteiger partial charge in [0.2, 0.25) is 0 Å². The minimum atomic E-state index is -0.290. The summed E-state index contributed by atoms with van der Waals surface area (Å²) in [6.45, 7) is 2.22. The van der Waals surface area contributed by atoms with E-state index in [2.05, 4.69) is 0 Å². The Morgan fingerprint density at radius 3 is 2.75 bits per heavy atom. The normalized spacial score (nSPS) is 23.2. The molecule has 1 amide bonds. The van der Waals surface area contributed by atoms with Gasteiger partial charge in [-0.05, 0) is 18.4 Å². The summed E-state index contributed by atoms with van der Waals surface area (Å²) >= 11 is 0. The maximum Gasteiger partial charge on any atom is 0.410 e. The van der Waals surface area contributed by atoms with Crippen LogP contribution in [0.25, 0.3) is 0 Å². The average molecular weight is 277 g/mol. The number of likely N-dealkylation sites (tertiary alicyclic amines) is 1. The van der Waals surface area contributed by atoms with Gasteiger partial charge >= 0.3 is 6.09 Å². The Morgan fingerprint density at radius 2 is 2.00 bits per heavy atom. The van der Waals surface area contributed by atoms with Crippen LogP contribution in [0.5, 0.6) is 0 Å². The molecule has 1 aromatic carbocycles. The Hall–Kier alpha value is -1.59. The van der Waals surface area contributed by atoms with Crippen molar-refractivity contribution in [3.8, 4) is 0 Å². The monoisotopic (exact) mass is 277 g/mol. The summed E-state index contributed by atoms with van der Waals surface area (Å²) in [5.41, 5.74) is 0.991. The third kappa shape index (κ3) is 2.94.